The Morgan fingerprint density at radius 1 is 1.17 bits per heavy atom. The summed E-state index contributed by atoms with van der Waals surface area (Å²) in [6.45, 7) is 1.65. The normalized spacial score (nSPS) is 10.4. The molecule has 0 radical (unpaired) electrons. The third-order valence-electron chi connectivity index (χ3n) is 2.29. The number of carbonyl (C=O) groups excluding carboxylic acids is 1. The van der Waals surface area contributed by atoms with E-state index in [4.69, 9.17) is 5.73 Å². The molecule has 0 bridgehead atoms. The number of amides is 1. The summed E-state index contributed by atoms with van der Waals surface area (Å²) in [5.41, 5.74) is 6.26. The van der Waals surface area contributed by atoms with Crippen molar-refractivity contribution in [3.63, 3.8) is 0 Å². The van der Waals surface area contributed by atoms with Crippen LogP contribution in [-0.2, 0) is 0 Å². The van der Waals surface area contributed by atoms with E-state index in [9.17, 15) is 13.6 Å². The zero-order valence-corrected chi connectivity index (χ0v) is 9.45. The van der Waals surface area contributed by atoms with Crippen LogP contribution >= 0.6 is 0 Å². The van der Waals surface area contributed by atoms with Gasteiger partial charge in [0.2, 0.25) is 5.82 Å². The Morgan fingerprint density at radius 3 is 2.50 bits per heavy atom. The maximum atomic E-state index is 13.1. The maximum absolute atomic E-state index is 13.1. The molecule has 0 saturated heterocycles. The number of nitrogens with zero attached hydrogens (tertiary/aromatic N) is 2. The van der Waals surface area contributed by atoms with Gasteiger partial charge in [-0.1, -0.05) is 0 Å². The number of hydrogen-bond donors (Lipinski definition) is 1. The van der Waals surface area contributed by atoms with Crippen LogP contribution in [0.4, 0.5) is 8.78 Å². The maximum Gasteiger partial charge on any atom is 0.286 e. The fraction of sp³-hybridized carbons (Fsp3) is 0.0833. The number of carbonyl (C=O) groups is 1. The van der Waals surface area contributed by atoms with Gasteiger partial charge in [0.15, 0.2) is 11.6 Å². The number of aryl methyl sites for hydroxylation is 1. The molecule has 2 rings (SSSR count). The van der Waals surface area contributed by atoms with E-state index < -0.39 is 17.5 Å². The lowest BCUT2D eigenvalue weighted by Gasteiger charge is -2.04. The standard InChI is InChI=1S/C12H9F2N3O/c1-6-4-10(17-12(16-6)11(15)18)7-2-3-8(13)9(14)5-7/h2-5H,1H3,(H2,15,18). The lowest BCUT2D eigenvalue weighted by molar-refractivity contribution is 0.0990. The quantitative estimate of drug-likeness (QED) is 0.882. The first-order chi connectivity index (χ1) is 8.47. The van der Waals surface area contributed by atoms with Crippen molar-refractivity contribution in [1.82, 2.24) is 9.97 Å². The van der Waals surface area contributed by atoms with Gasteiger partial charge >= 0.3 is 0 Å². The Hall–Kier alpha value is -2.37. The molecule has 4 nitrogen and oxygen atoms in total. The summed E-state index contributed by atoms with van der Waals surface area (Å²) >= 11 is 0. The van der Waals surface area contributed by atoms with Gasteiger partial charge in [-0.15, -0.1) is 0 Å². The second-order valence-electron chi connectivity index (χ2n) is 3.71. The number of nitrogens with two attached hydrogens (primary N) is 1. The average Bonchev–Trinajstić information content (AvgIpc) is 2.31. The summed E-state index contributed by atoms with van der Waals surface area (Å²) in [5.74, 6) is -2.86. The molecule has 0 spiro atoms. The van der Waals surface area contributed by atoms with Gasteiger partial charge in [0.25, 0.3) is 5.91 Å². The largest absolute Gasteiger partial charge is 0.363 e. The van der Waals surface area contributed by atoms with Gasteiger partial charge in [0, 0.05) is 11.3 Å². The Morgan fingerprint density at radius 2 is 1.89 bits per heavy atom. The highest BCUT2D eigenvalue weighted by Gasteiger charge is 2.10. The Bertz CT molecular complexity index is 629. The molecule has 18 heavy (non-hydrogen) atoms. The van der Waals surface area contributed by atoms with E-state index in [1.807, 2.05) is 0 Å². The van der Waals surface area contributed by atoms with Crippen LogP contribution in [0.3, 0.4) is 0 Å². The van der Waals surface area contributed by atoms with Crippen LogP contribution in [0.2, 0.25) is 0 Å². The highest BCUT2D eigenvalue weighted by atomic mass is 19.2. The van der Waals surface area contributed by atoms with Gasteiger partial charge in [-0.3, -0.25) is 4.79 Å². The molecule has 0 saturated carbocycles. The molecule has 0 fully saturated rings. The highest BCUT2D eigenvalue weighted by molar-refractivity contribution is 5.89. The lowest BCUT2D eigenvalue weighted by atomic mass is 10.1. The monoisotopic (exact) mass is 249 g/mol. The van der Waals surface area contributed by atoms with Crippen LogP contribution in [0.1, 0.15) is 16.3 Å². The summed E-state index contributed by atoms with van der Waals surface area (Å²) < 4.78 is 25.9. The fourth-order valence-electron chi connectivity index (χ4n) is 1.48. The van der Waals surface area contributed by atoms with Crippen molar-refractivity contribution in [2.45, 2.75) is 6.92 Å². The Labute approximate surface area is 101 Å². The molecule has 1 aromatic carbocycles. The van der Waals surface area contributed by atoms with Gasteiger partial charge < -0.3 is 5.73 Å². The predicted octanol–water partition coefficient (Wildman–Crippen LogP) is 1.83. The topological polar surface area (TPSA) is 68.9 Å². The lowest BCUT2D eigenvalue weighted by Crippen LogP contribution is -2.16. The van der Waals surface area contributed by atoms with E-state index >= 15 is 0 Å². The number of primary amides is 1. The zero-order valence-electron chi connectivity index (χ0n) is 9.45. The SMILES string of the molecule is Cc1cc(-c2ccc(F)c(F)c2)nc(C(N)=O)n1. The molecule has 0 aliphatic carbocycles. The summed E-state index contributed by atoms with van der Waals surface area (Å²) in [4.78, 5) is 18.8. The molecule has 0 aliphatic heterocycles. The highest BCUT2D eigenvalue weighted by Crippen LogP contribution is 2.20. The van der Waals surface area contributed by atoms with Crippen molar-refractivity contribution in [2.75, 3.05) is 0 Å². The van der Waals surface area contributed by atoms with E-state index in [0.717, 1.165) is 12.1 Å². The number of hydrogen-bond acceptors (Lipinski definition) is 3. The van der Waals surface area contributed by atoms with Crippen molar-refractivity contribution in [3.8, 4) is 11.3 Å². The smallest absolute Gasteiger partial charge is 0.286 e. The average molecular weight is 249 g/mol. The number of benzene rings is 1. The van der Waals surface area contributed by atoms with Crippen molar-refractivity contribution in [1.29, 1.82) is 0 Å². The van der Waals surface area contributed by atoms with Crippen LogP contribution in [0.25, 0.3) is 11.3 Å². The molecule has 0 unspecified atom stereocenters. The van der Waals surface area contributed by atoms with E-state index in [0.29, 0.717) is 17.0 Å². The fourth-order valence-corrected chi connectivity index (χ4v) is 1.48. The molecule has 92 valence electrons. The molecular weight excluding hydrogens is 240 g/mol. The van der Waals surface area contributed by atoms with Crippen molar-refractivity contribution >= 4 is 5.91 Å². The first-order valence-electron chi connectivity index (χ1n) is 5.08. The minimum Gasteiger partial charge on any atom is -0.363 e. The van der Waals surface area contributed by atoms with Gasteiger partial charge in [0.1, 0.15) is 0 Å². The van der Waals surface area contributed by atoms with E-state index in [-0.39, 0.29) is 5.82 Å². The van der Waals surface area contributed by atoms with Crippen LogP contribution in [0.15, 0.2) is 24.3 Å². The number of aromatic nitrogens is 2. The molecule has 6 heteroatoms. The van der Waals surface area contributed by atoms with E-state index in [1.165, 1.54) is 6.07 Å². The number of halogens is 2. The third-order valence-corrected chi connectivity index (χ3v) is 2.29. The summed E-state index contributed by atoms with van der Waals surface area (Å²) in [5, 5.41) is 0. The van der Waals surface area contributed by atoms with Gasteiger partial charge in [-0.05, 0) is 31.2 Å². The van der Waals surface area contributed by atoms with E-state index in [2.05, 4.69) is 9.97 Å². The van der Waals surface area contributed by atoms with Crippen LogP contribution < -0.4 is 5.73 Å². The van der Waals surface area contributed by atoms with Crippen molar-refractivity contribution < 1.29 is 13.6 Å². The molecule has 0 aliphatic rings. The number of rotatable bonds is 2. The summed E-state index contributed by atoms with van der Waals surface area (Å²) in [6, 6.07) is 4.91. The van der Waals surface area contributed by atoms with Crippen molar-refractivity contribution in [2.24, 2.45) is 5.73 Å². The second kappa shape index (κ2) is 4.48. The van der Waals surface area contributed by atoms with Gasteiger partial charge in [0.05, 0.1) is 5.69 Å². The Balaban J connectivity index is 2.56. The Kier molecular flexibility index (Phi) is 3.01. The third kappa shape index (κ3) is 2.32. The van der Waals surface area contributed by atoms with Gasteiger partial charge in [-0.25, -0.2) is 18.7 Å². The van der Waals surface area contributed by atoms with Crippen LogP contribution in [0, 0.1) is 18.6 Å². The molecule has 1 amide bonds. The minimum absolute atomic E-state index is 0.158. The molecule has 2 aromatic rings. The molecule has 1 heterocycles. The van der Waals surface area contributed by atoms with Crippen LogP contribution in [0.5, 0.6) is 0 Å². The molecular formula is C12H9F2N3O. The second-order valence-corrected chi connectivity index (χ2v) is 3.71. The first kappa shape index (κ1) is 12.1. The molecule has 2 N–H and O–H groups in total. The first-order valence-corrected chi connectivity index (χ1v) is 5.08. The van der Waals surface area contributed by atoms with Gasteiger partial charge in [-0.2, -0.15) is 0 Å². The summed E-state index contributed by atoms with van der Waals surface area (Å²) in [7, 11) is 0. The van der Waals surface area contributed by atoms with Crippen molar-refractivity contribution in [3.05, 3.63) is 47.4 Å². The zero-order chi connectivity index (χ0) is 13.3. The van der Waals surface area contributed by atoms with E-state index in [1.54, 1.807) is 13.0 Å². The summed E-state index contributed by atoms with van der Waals surface area (Å²) in [6.07, 6.45) is 0. The predicted molar refractivity (Wildman–Crippen MR) is 60.6 cm³/mol. The van der Waals surface area contributed by atoms with Crippen LogP contribution in [-0.4, -0.2) is 15.9 Å². The minimum atomic E-state index is -0.982. The molecule has 1 aromatic heterocycles. The molecule has 0 atom stereocenters.